The lowest BCUT2D eigenvalue weighted by molar-refractivity contribution is -0.131. The molecule has 0 atom stereocenters. The minimum Gasteiger partial charge on any atom is -0.478 e. The highest BCUT2D eigenvalue weighted by atomic mass is 16.4. The molecule has 6 nitrogen and oxygen atoms in total. The van der Waals surface area contributed by atoms with Crippen molar-refractivity contribution in [3.8, 4) is 0 Å². The van der Waals surface area contributed by atoms with Crippen LogP contribution in [0.2, 0.25) is 0 Å². The van der Waals surface area contributed by atoms with Gasteiger partial charge in [-0.05, 0) is 37.3 Å². The van der Waals surface area contributed by atoms with E-state index in [1.165, 1.54) is 11.8 Å². The Labute approximate surface area is 153 Å². The first kappa shape index (κ1) is 18.2. The SMILES string of the molecule is CCc1ccc(CC(=O)N2CCC(n3ncc(C(=O)O)c3C)CC2)cc1. The third-order valence-corrected chi connectivity index (χ3v) is 5.22. The average Bonchev–Trinajstić information content (AvgIpc) is 3.04. The number of aromatic carboxylic acids is 1. The summed E-state index contributed by atoms with van der Waals surface area (Å²) in [5.74, 6) is -0.799. The molecule has 1 amide bonds. The van der Waals surface area contributed by atoms with Crippen LogP contribution in [0.3, 0.4) is 0 Å². The Morgan fingerprint density at radius 3 is 2.31 bits per heavy atom. The number of piperidine rings is 1. The van der Waals surface area contributed by atoms with E-state index in [2.05, 4.69) is 24.2 Å². The molecule has 26 heavy (non-hydrogen) atoms. The fourth-order valence-electron chi connectivity index (χ4n) is 3.54. The molecular formula is C20H25N3O3. The Kier molecular flexibility index (Phi) is 5.40. The molecule has 0 saturated carbocycles. The van der Waals surface area contributed by atoms with Crippen LogP contribution in [0.25, 0.3) is 0 Å². The minimum atomic E-state index is -0.949. The smallest absolute Gasteiger partial charge is 0.339 e. The van der Waals surface area contributed by atoms with E-state index >= 15 is 0 Å². The summed E-state index contributed by atoms with van der Waals surface area (Å²) in [7, 11) is 0. The van der Waals surface area contributed by atoms with Crippen molar-refractivity contribution in [2.24, 2.45) is 0 Å². The Morgan fingerprint density at radius 2 is 1.77 bits per heavy atom. The van der Waals surface area contributed by atoms with Crippen molar-refractivity contribution in [1.29, 1.82) is 0 Å². The maximum absolute atomic E-state index is 12.6. The molecule has 0 bridgehead atoms. The van der Waals surface area contributed by atoms with Gasteiger partial charge >= 0.3 is 5.97 Å². The summed E-state index contributed by atoms with van der Waals surface area (Å²) in [6.45, 7) is 5.26. The number of aromatic nitrogens is 2. The summed E-state index contributed by atoms with van der Waals surface area (Å²) in [6.07, 6.45) is 4.43. The molecule has 1 aromatic heterocycles. The molecule has 0 unspecified atom stereocenters. The molecule has 1 aliphatic rings. The van der Waals surface area contributed by atoms with Gasteiger partial charge in [0.1, 0.15) is 5.56 Å². The van der Waals surface area contributed by atoms with Crippen molar-refractivity contribution < 1.29 is 14.7 Å². The Bertz CT molecular complexity index is 787. The summed E-state index contributed by atoms with van der Waals surface area (Å²) < 4.78 is 1.80. The first-order valence-electron chi connectivity index (χ1n) is 9.12. The second kappa shape index (κ2) is 7.72. The lowest BCUT2D eigenvalue weighted by atomic mass is 10.0. The summed E-state index contributed by atoms with van der Waals surface area (Å²) in [4.78, 5) is 25.6. The van der Waals surface area contributed by atoms with Crippen molar-refractivity contribution >= 4 is 11.9 Å². The molecular weight excluding hydrogens is 330 g/mol. The lowest BCUT2D eigenvalue weighted by Gasteiger charge is -2.32. The quantitative estimate of drug-likeness (QED) is 0.895. The third kappa shape index (κ3) is 3.79. The highest BCUT2D eigenvalue weighted by Gasteiger charge is 2.26. The van der Waals surface area contributed by atoms with Gasteiger partial charge in [0.15, 0.2) is 0 Å². The van der Waals surface area contributed by atoms with Crippen molar-refractivity contribution in [3.63, 3.8) is 0 Å². The number of nitrogens with zero attached hydrogens (tertiary/aromatic N) is 3. The van der Waals surface area contributed by atoms with E-state index in [0.717, 1.165) is 24.8 Å². The maximum atomic E-state index is 12.6. The van der Waals surface area contributed by atoms with E-state index in [-0.39, 0.29) is 17.5 Å². The fourth-order valence-corrected chi connectivity index (χ4v) is 3.54. The molecule has 1 aromatic carbocycles. The van der Waals surface area contributed by atoms with Crippen LogP contribution in [0.1, 0.15) is 53.0 Å². The number of hydrogen-bond donors (Lipinski definition) is 1. The molecule has 6 heteroatoms. The first-order chi connectivity index (χ1) is 12.5. The van der Waals surface area contributed by atoms with Crippen LogP contribution in [-0.2, 0) is 17.6 Å². The Balaban J connectivity index is 1.57. The van der Waals surface area contributed by atoms with Gasteiger partial charge in [-0.3, -0.25) is 9.48 Å². The number of likely N-dealkylation sites (tertiary alicyclic amines) is 1. The Hall–Kier alpha value is -2.63. The summed E-state index contributed by atoms with van der Waals surface area (Å²) in [5, 5.41) is 13.4. The Morgan fingerprint density at radius 1 is 1.15 bits per heavy atom. The fraction of sp³-hybridized carbons (Fsp3) is 0.450. The van der Waals surface area contributed by atoms with E-state index < -0.39 is 5.97 Å². The van der Waals surface area contributed by atoms with Crippen LogP contribution >= 0.6 is 0 Å². The molecule has 2 aromatic rings. The zero-order valence-electron chi connectivity index (χ0n) is 15.3. The van der Waals surface area contributed by atoms with Gasteiger partial charge in [0.25, 0.3) is 0 Å². The van der Waals surface area contributed by atoms with Crippen LogP contribution in [-0.4, -0.2) is 44.8 Å². The second-order valence-corrected chi connectivity index (χ2v) is 6.85. The molecule has 1 aliphatic heterocycles. The third-order valence-electron chi connectivity index (χ3n) is 5.22. The number of carboxylic acid groups (broad SMARTS) is 1. The van der Waals surface area contributed by atoms with E-state index in [0.29, 0.717) is 25.2 Å². The maximum Gasteiger partial charge on any atom is 0.339 e. The largest absolute Gasteiger partial charge is 0.478 e. The molecule has 1 saturated heterocycles. The van der Waals surface area contributed by atoms with Crippen molar-refractivity contribution in [3.05, 3.63) is 52.8 Å². The number of carboxylic acids is 1. The summed E-state index contributed by atoms with van der Waals surface area (Å²) in [5.41, 5.74) is 3.25. The molecule has 0 aliphatic carbocycles. The standard InChI is InChI=1S/C20H25N3O3/c1-3-15-4-6-16(7-5-15)12-19(24)22-10-8-17(9-11-22)23-14(2)18(13-21-23)20(25)26/h4-7,13,17H,3,8-12H2,1-2H3,(H,25,26). The van der Waals surface area contributed by atoms with Crippen LogP contribution in [0.15, 0.2) is 30.5 Å². The number of aryl methyl sites for hydroxylation is 1. The van der Waals surface area contributed by atoms with E-state index in [9.17, 15) is 9.59 Å². The normalized spacial score (nSPS) is 15.2. The predicted octanol–water partition coefficient (Wildman–Crippen LogP) is 2.86. The van der Waals surface area contributed by atoms with Gasteiger partial charge in [0.05, 0.1) is 24.4 Å². The zero-order chi connectivity index (χ0) is 18.7. The minimum absolute atomic E-state index is 0.149. The van der Waals surface area contributed by atoms with Gasteiger partial charge < -0.3 is 10.0 Å². The molecule has 138 valence electrons. The van der Waals surface area contributed by atoms with Crippen molar-refractivity contribution in [2.75, 3.05) is 13.1 Å². The number of carbonyl (C=O) groups is 2. The molecule has 0 spiro atoms. The first-order valence-corrected chi connectivity index (χ1v) is 9.12. The van der Waals surface area contributed by atoms with Gasteiger partial charge in [-0.2, -0.15) is 5.10 Å². The van der Waals surface area contributed by atoms with E-state index in [1.54, 1.807) is 11.6 Å². The molecule has 2 heterocycles. The van der Waals surface area contributed by atoms with Gasteiger partial charge in [-0.15, -0.1) is 0 Å². The van der Waals surface area contributed by atoms with Crippen LogP contribution in [0.5, 0.6) is 0 Å². The van der Waals surface area contributed by atoms with Gasteiger partial charge in [0, 0.05) is 13.1 Å². The van der Waals surface area contributed by atoms with Gasteiger partial charge in [0.2, 0.25) is 5.91 Å². The van der Waals surface area contributed by atoms with Crippen molar-refractivity contribution in [1.82, 2.24) is 14.7 Å². The van der Waals surface area contributed by atoms with Crippen molar-refractivity contribution in [2.45, 2.75) is 45.6 Å². The van der Waals surface area contributed by atoms with Crippen LogP contribution in [0, 0.1) is 6.92 Å². The van der Waals surface area contributed by atoms with Crippen LogP contribution in [0.4, 0.5) is 0 Å². The molecule has 0 radical (unpaired) electrons. The van der Waals surface area contributed by atoms with Gasteiger partial charge in [-0.25, -0.2) is 4.79 Å². The zero-order valence-corrected chi connectivity index (χ0v) is 15.3. The van der Waals surface area contributed by atoms with Gasteiger partial charge in [-0.1, -0.05) is 31.2 Å². The summed E-state index contributed by atoms with van der Waals surface area (Å²) in [6, 6.07) is 8.37. The number of rotatable bonds is 5. The van der Waals surface area contributed by atoms with E-state index in [4.69, 9.17) is 5.11 Å². The second-order valence-electron chi connectivity index (χ2n) is 6.85. The monoisotopic (exact) mass is 355 g/mol. The molecule has 3 rings (SSSR count). The highest BCUT2D eigenvalue weighted by Crippen LogP contribution is 2.25. The molecule has 1 N–H and O–H groups in total. The lowest BCUT2D eigenvalue weighted by Crippen LogP contribution is -2.40. The van der Waals surface area contributed by atoms with E-state index in [1.807, 2.05) is 17.0 Å². The highest BCUT2D eigenvalue weighted by molar-refractivity contribution is 5.88. The number of carbonyl (C=O) groups excluding carboxylic acids is 1. The topological polar surface area (TPSA) is 75.4 Å². The number of benzene rings is 1. The predicted molar refractivity (Wildman–Crippen MR) is 98.3 cm³/mol. The number of amides is 1. The molecule has 1 fully saturated rings. The average molecular weight is 355 g/mol. The number of hydrogen-bond acceptors (Lipinski definition) is 3. The summed E-state index contributed by atoms with van der Waals surface area (Å²) >= 11 is 0. The van der Waals surface area contributed by atoms with Crippen LogP contribution < -0.4 is 0 Å².